The van der Waals surface area contributed by atoms with Crippen molar-refractivity contribution in [2.75, 3.05) is 0 Å². The monoisotopic (exact) mass is 280 g/mol. The van der Waals surface area contributed by atoms with E-state index in [1.54, 1.807) is 13.2 Å². The lowest BCUT2D eigenvalue weighted by Gasteiger charge is -2.02. The van der Waals surface area contributed by atoms with Gasteiger partial charge in [0.05, 0.1) is 11.4 Å². The molecule has 0 radical (unpaired) electrons. The number of halogens is 2. The van der Waals surface area contributed by atoms with Crippen LogP contribution in [0, 0.1) is 5.82 Å². The second-order valence-electron chi connectivity index (χ2n) is 4.02. The van der Waals surface area contributed by atoms with Crippen LogP contribution in [-0.2, 0) is 7.05 Å². The summed E-state index contributed by atoms with van der Waals surface area (Å²) in [7, 11) is 1.68. The molecule has 0 fully saturated rings. The zero-order valence-electron chi connectivity index (χ0n) is 10.1. The Bertz CT molecular complexity index is 652. The number of hydrogen-bond acceptors (Lipinski definition) is 3. The minimum Gasteiger partial charge on any atom is -0.294 e. The highest BCUT2D eigenvalue weighted by atomic mass is 35.5. The number of hydrogen-bond donors (Lipinski definition) is 0. The van der Waals surface area contributed by atoms with Crippen LogP contribution in [0.1, 0.15) is 27.3 Å². The third-order valence-electron chi connectivity index (χ3n) is 2.55. The van der Waals surface area contributed by atoms with Crippen LogP contribution in [0.15, 0.2) is 30.5 Å². The van der Waals surface area contributed by atoms with E-state index < -0.39 is 17.4 Å². The summed E-state index contributed by atoms with van der Waals surface area (Å²) in [6.45, 7) is 0. The molecule has 0 aliphatic heterocycles. The predicted octanol–water partition coefficient (Wildman–Crippen LogP) is 2.67. The van der Waals surface area contributed by atoms with Crippen molar-refractivity contribution in [2.24, 2.45) is 7.05 Å². The molecule has 6 heteroatoms. The largest absolute Gasteiger partial charge is 0.294 e. The molecule has 0 bridgehead atoms. The van der Waals surface area contributed by atoms with Crippen LogP contribution in [-0.4, -0.2) is 21.3 Å². The molecule has 1 heterocycles. The Labute approximate surface area is 113 Å². The standard InChI is InChI=1S/C13H10ClFN2O2/c1-17-5-4-11(16-17)13(19)7-12(18)9-3-2-8(15)6-10(9)14/h2-6H,7H2,1H3. The van der Waals surface area contributed by atoms with Crippen molar-refractivity contribution in [3.8, 4) is 0 Å². The summed E-state index contributed by atoms with van der Waals surface area (Å²) in [4.78, 5) is 23.7. The number of carbonyl (C=O) groups excluding carboxylic acids is 2. The summed E-state index contributed by atoms with van der Waals surface area (Å²) in [5.74, 6) is -1.38. The Morgan fingerprint density at radius 1 is 1.32 bits per heavy atom. The van der Waals surface area contributed by atoms with Crippen LogP contribution in [0.2, 0.25) is 5.02 Å². The maximum Gasteiger partial charge on any atom is 0.190 e. The first-order valence-corrected chi connectivity index (χ1v) is 5.86. The van der Waals surface area contributed by atoms with Gasteiger partial charge in [-0.1, -0.05) is 11.6 Å². The van der Waals surface area contributed by atoms with E-state index in [2.05, 4.69) is 5.10 Å². The van der Waals surface area contributed by atoms with E-state index in [1.165, 1.54) is 16.8 Å². The zero-order chi connectivity index (χ0) is 14.0. The fourth-order valence-corrected chi connectivity index (χ4v) is 1.88. The number of aromatic nitrogens is 2. The van der Waals surface area contributed by atoms with Crippen molar-refractivity contribution in [3.05, 3.63) is 52.6 Å². The average molecular weight is 281 g/mol. The molecule has 0 saturated carbocycles. The van der Waals surface area contributed by atoms with Gasteiger partial charge >= 0.3 is 0 Å². The van der Waals surface area contributed by atoms with E-state index in [0.717, 1.165) is 12.1 Å². The zero-order valence-corrected chi connectivity index (χ0v) is 10.8. The third-order valence-corrected chi connectivity index (χ3v) is 2.86. The molecule has 0 unspecified atom stereocenters. The Kier molecular flexibility index (Phi) is 3.76. The fourth-order valence-electron chi connectivity index (χ4n) is 1.61. The Hall–Kier alpha value is -2.01. The van der Waals surface area contributed by atoms with Gasteiger partial charge in [0, 0.05) is 18.8 Å². The van der Waals surface area contributed by atoms with E-state index in [-0.39, 0.29) is 22.7 Å². The van der Waals surface area contributed by atoms with Gasteiger partial charge in [0.1, 0.15) is 11.5 Å². The van der Waals surface area contributed by atoms with Crippen molar-refractivity contribution in [2.45, 2.75) is 6.42 Å². The number of nitrogens with zero attached hydrogens (tertiary/aromatic N) is 2. The topological polar surface area (TPSA) is 52.0 Å². The van der Waals surface area contributed by atoms with Crippen molar-refractivity contribution in [1.82, 2.24) is 9.78 Å². The molecule has 1 aromatic carbocycles. The first kappa shape index (κ1) is 13.4. The first-order chi connectivity index (χ1) is 8.97. The second-order valence-corrected chi connectivity index (χ2v) is 4.43. The quantitative estimate of drug-likeness (QED) is 0.639. The molecule has 0 aliphatic carbocycles. The smallest absolute Gasteiger partial charge is 0.190 e. The maximum absolute atomic E-state index is 12.9. The van der Waals surface area contributed by atoms with E-state index in [9.17, 15) is 14.0 Å². The normalized spacial score (nSPS) is 10.5. The summed E-state index contributed by atoms with van der Waals surface area (Å²) in [6.07, 6.45) is 1.27. The van der Waals surface area contributed by atoms with Crippen LogP contribution >= 0.6 is 11.6 Å². The fraction of sp³-hybridized carbons (Fsp3) is 0.154. The van der Waals surface area contributed by atoms with E-state index in [0.29, 0.717) is 0 Å². The van der Waals surface area contributed by atoms with Gasteiger partial charge in [-0.25, -0.2) is 4.39 Å². The van der Waals surface area contributed by atoms with Crippen LogP contribution in [0.3, 0.4) is 0 Å². The molecule has 2 aromatic rings. The molecule has 19 heavy (non-hydrogen) atoms. The van der Waals surface area contributed by atoms with Gasteiger partial charge in [0.25, 0.3) is 0 Å². The molecule has 0 atom stereocenters. The predicted molar refractivity (Wildman–Crippen MR) is 67.9 cm³/mol. The lowest BCUT2D eigenvalue weighted by Crippen LogP contribution is -2.10. The van der Waals surface area contributed by atoms with Gasteiger partial charge in [0.15, 0.2) is 11.6 Å². The molecule has 98 valence electrons. The van der Waals surface area contributed by atoms with Gasteiger partial charge in [-0.3, -0.25) is 14.3 Å². The highest BCUT2D eigenvalue weighted by molar-refractivity contribution is 6.34. The molecule has 4 nitrogen and oxygen atoms in total. The van der Waals surface area contributed by atoms with Gasteiger partial charge in [0.2, 0.25) is 0 Å². The van der Waals surface area contributed by atoms with Crippen molar-refractivity contribution in [1.29, 1.82) is 0 Å². The van der Waals surface area contributed by atoms with Crippen LogP contribution in [0.4, 0.5) is 4.39 Å². The van der Waals surface area contributed by atoms with Crippen LogP contribution in [0.5, 0.6) is 0 Å². The molecular weight excluding hydrogens is 271 g/mol. The maximum atomic E-state index is 12.9. The van der Waals surface area contributed by atoms with Crippen molar-refractivity contribution >= 4 is 23.2 Å². The third kappa shape index (κ3) is 3.06. The van der Waals surface area contributed by atoms with Gasteiger partial charge in [-0.2, -0.15) is 5.10 Å². The van der Waals surface area contributed by atoms with E-state index in [1.807, 2.05) is 0 Å². The molecule has 0 N–H and O–H groups in total. The minimum atomic E-state index is -0.530. The number of Topliss-reactive ketones (excluding diaryl/α,β-unsaturated/α-hetero) is 2. The summed E-state index contributed by atoms with van der Waals surface area (Å²) >= 11 is 5.77. The van der Waals surface area contributed by atoms with Crippen molar-refractivity contribution < 1.29 is 14.0 Å². The molecule has 2 rings (SSSR count). The van der Waals surface area contributed by atoms with Gasteiger partial charge in [-0.15, -0.1) is 0 Å². The van der Waals surface area contributed by atoms with Gasteiger partial charge < -0.3 is 0 Å². The number of rotatable bonds is 4. The highest BCUT2D eigenvalue weighted by Crippen LogP contribution is 2.19. The molecule has 0 spiro atoms. The average Bonchev–Trinajstić information content (AvgIpc) is 2.75. The number of carbonyl (C=O) groups is 2. The van der Waals surface area contributed by atoms with Crippen molar-refractivity contribution in [3.63, 3.8) is 0 Å². The lowest BCUT2D eigenvalue weighted by atomic mass is 10.0. The van der Waals surface area contributed by atoms with E-state index in [4.69, 9.17) is 11.6 Å². The van der Waals surface area contributed by atoms with Crippen LogP contribution in [0.25, 0.3) is 0 Å². The number of aryl methyl sites for hydroxylation is 1. The summed E-state index contributed by atoms with van der Waals surface area (Å²) in [5.41, 5.74) is 0.349. The Balaban J connectivity index is 2.15. The molecule has 1 aromatic heterocycles. The highest BCUT2D eigenvalue weighted by Gasteiger charge is 2.18. The Morgan fingerprint density at radius 2 is 2.05 bits per heavy atom. The molecular formula is C13H10ClFN2O2. The Morgan fingerprint density at radius 3 is 2.63 bits per heavy atom. The summed E-state index contributed by atoms with van der Waals surface area (Å²) in [5, 5.41) is 3.91. The first-order valence-electron chi connectivity index (χ1n) is 5.48. The SMILES string of the molecule is Cn1ccc(C(=O)CC(=O)c2ccc(F)cc2Cl)n1. The van der Waals surface area contributed by atoms with Gasteiger partial charge in [-0.05, 0) is 24.3 Å². The summed E-state index contributed by atoms with van der Waals surface area (Å²) < 4.78 is 14.3. The van der Waals surface area contributed by atoms with Crippen LogP contribution < -0.4 is 0 Å². The number of ketones is 2. The number of benzene rings is 1. The summed E-state index contributed by atoms with van der Waals surface area (Å²) in [6, 6.07) is 4.97. The minimum absolute atomic E-state index is 0.00109. The lowest BCUT2D eigenvalue weighted by molar-refractivity contribution is 0.0891. The molecule has 0 amide bonds. The molecule has 0 saturated heterocycles. The molecule has 0 aliphatic rings. The second kappa shape index (κ2) is 5.32. The van der Waals surface area contributed by atoms with E-state index >= 15 is 0 Å².